The van der Waals surface area contributed by atoms with Crippen molar-refractivity contribution in [1.82, 2.24) is 0 Å². The normalized spacial score (nSPS) is 16.5. The number of aryl methyl sites for hydroxylation is 2. The summed E-state index contributed by atoms with van der Waals surface area (Å²) in [5.74, 6) is -0.0802. The van der Waals surface area contributed by atoms with E-state index < -0.39 is 5.91 Å². The summed E-state index contributed by atoms with van der Waals surface area (Å²) in [7, 11) is 0. The maximum atomic E-state index is 12.8. The van der Waals surface area contributed by atoms with Crippen molar-refractivity contribution in [3.8, 4) is 0 Å². The highest BCUT2D eigenvalue weighted by atomic mass is 32.1. The van der Waals surface area contributed by atoms with Crippen LogP contribution in [0.1, 0.15) is 75.9 Å². The molecule has 0 bridgehead atoms. The Balaban J connectivity index is 1.91. The summed E-state index contributed by atoms with van der Waals surface area (Å²) in [5.41, 5.74) is 10.3. The molecule has 0 fully saturated rings. The summed E-state index contributed by atoms with van der Waals surface area (Å²) in [6.07, 6.45) is 3.96. The van der Waals surface area contributed by atoms with Gasteiger partial charge in [-0.15, -0.1) is 11.3 Å². The van der Waals surface area contributed by atoms with E-state index >= 15 is 0 Å². The second-order valence-corrected chi connectivity index (χ2v) is 9.71. The predicted octanol–water partition coefficient (Wildman–Crippen LogP) is 5.26. The molecule has 1 atom stereocenters. The van der Waals surface area contributed by atoms with Crippen molar-refractivity contribution >= 4 is 28.2 Å². The Bertz CT molecular complexity index is 927. The van der Waals surface area contributed by atoms with Crippen molar-refractivity contribution in [3.05, 3.63) is 50.9 Å². The molecule has 1 heterocycles. The van der Waals surface area contributed by atoms with Gasteiger partial charge in [-0.2, -0.15) is 0 Å². The van der Waals surface area contributed by atoms with E-state index in [4.69, 9.17) is 5.73 Å². The van der Waals surface area contributed by atoms with Crippen molar-refractivity contribution in [2.45, 2.75) is 60.3 Å². The van der Waals surface area contributed by atoms with Crippen LogP contribution in [0.3, 0.4) is 0 Å². The largest absolute Gasteiger partial charge is 0.365 e. The number of benzene rings is 1. The number of rotatable bonds is 5. The summed E-state index contributed by atoms with van der Waals surface area (Å²) in [4.78, 5) is 26.2. The molecule has 1 unspecified atom stereocenters. The Morgan fingerprint density at radius 1 is 1.25 bits per heavy atom. The fraction of sp³-hybridized carbons (Fsp3) is 0.478. The summed E-state index contributed by atoms with van der Waals surface area (Å²) in [5, 5.41) is 3.55. The van der Waals surface area contributed by atoms with Crippen LogP contribution >= 0.6 is 11.3 Å². The van der Waals surface area contributed by atoms with Crippen LogP contribution in [0.2, 0.25) is 0 Å². The van der Waals surface area contributed by atoms with Crippen molar-refractivity contribution in [3.63, 3.8) is 0 Å². The van der Waals surface area contributed by atoms with Crippen LogP contribution in [-0.4, -0.2) is 11.8 Å². The topological polar surface area (TPSA) is 72.2 Å². The maximum absolute atomic E-state index is 12.8. The van der Waals surface area contributed by atoms with E-state index in [2.05, 4.69) is 26.1 Å². The van der Waals surface area contributed by atoms with Crippen LogP contribution < -0.4 is 11.1 Å². The Hall–Kier alpha value is -2.14. The Morgan fingerprint density at radius 2 is 1.96 bits per heavy atom. The molecule has 5 heteroatoms. The van der Waals surface area contributed by atoms with Crippen LogP contribution in [-0.2, 0) is 12.8 Å². The zero-order chi connectivity index (χ0) is 20.6. The van der Waals surface area contributed by atoms with Gasteiger partial charge in [-0.25, -0.2) is 0 Å². The number of hydrogen-bond donors (Lipinski definition) is 2. The van der Waals surface area contributed by atoms with Gasteiger partial charge in [0.05, 0.1) is 5.56 Å². The lowest BCUT2D eigenvalue weighted by molar-refractivity contribution is 0.0999. The standard InChI is InChI=1S/C23H30N2O2S/c1-6-23(4,5)16-9-10-17-18(12-16)28-22(19(17)20(24)26)25-21(27)15-8-7-13(2)14(3)11-15/h7-8,11,16H,6,9-10,12H2,1-5H3,(H2,24,26)(H,25,27). The number of fused-ring (bicyclic) bond motifs is 1. The molecule has 1 aromatic heterocycles. The van der Waals surface area contributed by atoms with E-state index in [0.717, 1.165) is 42.4 Å². The van der Waals surface area contributed by atoms with E-state index in [1.165, 1.54) is 16.2 Å². The number of carbonyl (C=O) groups excluding carboxylic acids is 2. The minimum atomic E-state index is -0.457. The van der Waals surface area contributed by atoms with Gasteiger partial charge < -0.3 is 11.1 Å². The molecule has 4 nitrogen and oxygen atoms in total. The number of thiophene rings is 1. The third-order valence-corrected chi connectivity index (χ3v) is 7.69. The molecular weight excluding hydrogens is 368 g/mol. The Labute approximate surface area is 171 Å². The first-order valence-corrected chi connectivity index (χ1v) is 10.8. The van der Waals surface area contributed by atoms with E-state index in [1.807, 2.05) is 32.0 Å². The van der Waals surface area contributed by atoms with Gasteiger partial charge in [0.1, 0.15) is 5.00 Å². The van der Waals surface area contributed by atoms with Gasteiger partial charge in [0.25, 0.3) is 11.8 Å². The first kappa shape index (κ1) is 20.6. The van der Waals surface area contributed by atoms with Gasteiger partial charge in [0, 0.05) is 10.4 Å². The molecule has 2 amide bonds. The summed E-state index contributed by atoms with van der Waals surface area (Å²) in [6, 6.07) is 5.63. The van der Waals surface area contributed by atoms with Crippen molar-refractivity contribution in [1.29, 1.82) is 0 Å². The summed E-state index contributed by atoms with van der Waals surface area (Å²) in [6.45, 7) is 10.9. The van der Waals surface area contributed by atoms with Crippen molar-refractivity contribution in [2.75, 3.05) is 5.32 Å². The zero-order valence-corrected chi connectivity index (χ0v) is 18.3. The summed E-state index contributed by atoms with van der Waals surface area (Å²) < 4.78 is 0. The van der Waals surface area contributed by atoms with Crippen molar-refractivity contribution in [2.24, 2.45) is 17.1 Å². The van der Waals surface area contributed by atoms with E-state index in [1.54, 1.807) is 0 Å². The van der Waals surface area contributed by atoms with Crippen LogP contribution in [0.4, 0.5) is 5.00 Å². The molecule has 1 aromatic carbocycles. The molecule has 3 rings (SSSR count). The van der Waals surface area contributed by atoms with E-state index in [9.17, 15) is 9.59 Å². The molecule has 1 aliphatic carbocycles. The minimum Gasteiger partial charge on any atom is -0.365 e. The lowest BCUT2D eigenvalue weighted by atomic mass is 9.69. The molecule has 1 aliphatic rings. The highest BCUT2D eigenvalue weighted by molar-refractivity contribution is 7.17. The highest BCUT2D eigenvalue weighted by Crippen LogP contribution is 2.45. The third-order valence-electron chi connectivity index (χ3n) is 6.52. The second-order valence-electron chi connectivity index (χ2n) is 8.61. The molecule has 3 N–H and O–H groups in total. The van der Waals surface area contributed by atoms with Gasteiger partial charge in [0.15, 0.2) is 0 Å². The zero-order valence-electron chi connectivity index (χ0n) is 17.4. The van der Waals surface area contributed by atoms with Gasteiger partial charge in [0.2, 0.25) is 0 Å². The van der Waals surface area contributed by atoms with Crippen LogP contribution in [0, 0.1) is 25.2 Å². The molecule has 0 saturated carbocycles. The quantitative estimate of drug-likeness (QED) is 0.721. The lowest BCUT2D eigenvalue weighted by Crippen LogP contribution is -2.29. The van der Waals surface area contributed by atoms with Gasteiger partial charge >= 0.3 is 0 Å². The molecule has 28 heavy (non-hydrogen) atoms. The smallest absolute Gasteiger partial charge is 0.256 e. The monoisotopic (exact) mass is 398 g/mol. The third kappa shape index (κ3) is 3.86. The molecule has 0 aliphatic heterocycles. The average molecular weight is 399 g/mol. The number of nitrogens with one attached hydrogen (secondary N) is 1. The maximum Gasteiger partial charge on any atom is 0.256 e. The van der Waals surface area contributed by atoms with E-state index in [0.29, 0.717) is 22.0 Å². The van der Waals surface area contributed by atoms with Crippen molar-refractivity contribution < 1.29 is 9.59 Å². The van der Waals surface area contributed by atoms with Gasteiger partial charge in [-0.1, -0.05) is 33.3 Å². The van der Waals surface area contributed by atoms with Gasteiger partial charge in [-0.3, -0.25) is 9.59 Å². The van der Waals surface area contributed by atoms with Crippen LogP contribution in [0.15, 0.2) is 18.2 Å². The summed E-state index contributed by atoms with van der Waals surface area (Å²) >= 11 is 1.52. The first-order chi connectivity index (χ1) is 13.1. The highest BCUT2D eigenvalue weighted by Gasteiger charge is 2.35. The molecule has 2 aromatic rings. The Morgan fingerprint density at radius 3 is 2.57 bits per heavy atom. The predicted molar refractivity (Wildman–Crippen MR) is 116 cm³/mol. The van der Waals surface area contributed by atoms with E-state index in [-0.39, 0.29) is 11.3 Å². The Kier molecular flexibility index (Phi) is 5.67. The molecule has 0 spiro atoms. The minimum absolute atomic E-state index is 0.199. The van der Waals surface area contributed by atoms with Crippen LogP contribution in [0.5, 0.6) is 0 Å². The molecule has 150 valence electrons. The average Bonchev–Trinajstić information content (AvgIpc) is 3.00. The van der Waals surface area contributed by atoms with Gasteiger partial charge in [-0.05, 0) is 73.3 Å². The number of anilines is 1. The lowest BCUT2D eigenvalue weighted by Gasteiger charge is -2.36. The molecule has 0 radical (unpaired) electrons. The number of primary amides is 1. The SMILES string of the molecule is CCC(C)(C)C1CCc2c(sc(NC(=O)c3ccc(C)c(C)c3)c2C(N)=O)C1. The number of amides is 2. The molecular formula is C23H30N2O2S. The van der Waals surface area contributed by atoms with Crippen LogP contribution in [0.25, 0.3) is 0 Å². The fourth-order valence-corrected chi connectivity index (χ4v) is 5.28. The number of nitrogens with two attached hydrogens (primary N) is 1. The molecule has 0 saturated heterocycles. The second kappa shape index (κ2) is 7.70. The number of hydrogen-bond acceptors (Lipinski definition) is 3. The fourth-order valence-electron chi connectivity index (χ4n) is 3.95. The first-order valence-electron chi connectivity index (χ1n) is 9.97. The number of carbonyl (C=O) groups is 2.